The highest BCUT2D eigenvalue weighted by molar-refractivity contribution is 5.94. The summed E-state index contributed by atoms with van der Waals surface area (Å²) in [5.41, 5.74) is -8.76. The van der Waals surface area contributed by atoms with E-state index < -0.39 is 118 Å². The van der Waals surface area contributed by atoms with Crippen molar-refractivity contribution in [3.05, 3.63) is 71.2 Å². The van der Waals surface area contributed by atoms with E-state index in [4.69, 9.17) is 32.8 Å². The van der Waals surface area contributed by atoms with Crippen molar-refractivity contribution < 1.29 is 76.9 Å². The molecule has 332 valence electrons. The molecule has 61 heavy (non-hydrogen) atoms. The monoisotopic (exact) mass is 853 g/mol. The lowest BCUT2D eigenvalue weighted by atomic mass is 9.44. The SMILES string of the molecule is CCC(=O)O[C@H]1C[C@H]2OC[C@@]2(OC(C)=O)C2C(OC(=O)c3ccccc3)[C@]3(O)CC(OC(=O)[C@H](O)[C@@H](NC(=O)OC(C)(C)C)c4ccco4)C(C)=C([C@@H](O)C(=O)[C@@]21C)C3(C)C. The van der Waals surface area contributed by atoms with Crippen molar-refractivity contribution in [2.45, 2.75) is 141 Å². The van der Waals surface area contributed by atoms with Crippen LogP contribution in [-0.2, 0) is 47.6 Å². The van der Waals surface area contributed by atoms with Crippen LogP contribution in [0.2, 0.25) is 0 Å². The number of aliphatic hydroxyl groups is 3. The number of carbonyl (C=O) groups is 6. The number of hydrogen-bond acceptors (Lipinski definition) is 16. The van der Waals surface area contributed by atoms with Gasteiger partial charge in [0.1, 0.15) is 53.5 Å². The highest BCUT2D eigenvalue weighted by Crippen LogP contribution is 2.64. The van der Waals surface area contributed by atoms with Crippen LogP contribution < -0.4 is 5.32 Å². The number of fused-ring (bicyclic) bond motifs is 5. The van der Waals surface area contributed by atoms with Gasteiger partial charge < -0.3 is 53.5 Å². The zero-order valence-electron chi connectivity index (χ0n) is 35.7. The fraction of sp³-hybridized carbons (Fsp3) is 0.591. The molecule has 6 rings (SSSR count). The molecule has 3 unspecified atom stereocenters. The summed E-state index contributed by atoms with van der Waals surface area (Å²) in [6.07, 6.45) is -10.5. The standard InChI is InChI=1S/C44H55NO16/c1-10-29(47)58-27-19-28-43(21-56-28,60-23(3)46)34-36(59-37(51)24-15-12-11-13-16-24)44(54)20-26(22(2)30(41(44,7)8)32(48)35(50)42(27,34)9)57-38(52)33(49)31(25-17-14-18-55-25)45-39(53)61-40(4,5)6/h11-18,26-28,31-34,36,48-49,54H,10,19-21H2,1-9H3,(H,45,53)/t26?,27-,28+,31-,32+,33+,34?,36?,42+,43-,44+/m0/s1. The predicted octanol–water partition coefficient (Wildman–Crippen LogP) is 3.81. The molecule has 2 aromatic rings. The molecule has 2 bridgehead atoms. The van der Waals surface area contributed by atoms with Gasteiger partial charge >= 0.3 is 30.0 Å². The van der Waals surface area contributed by atoms with Crippen molar-refractivity contribution in [1.82, 2.24) is 5.32 Å². The number of benzene rings is 1. The second-order valence-electron chi connectivity index (χ2n) is 18.0. The quantitative estimate of drug-likeness (QED) is 0.151. The minimum absolute atomic E-state index is 0.0317. The minimum atomic E-state index is -2.41. The van der Waals surface area contributed by atoms with Gasteiger partial charge in [-0.3, -0.25) is 14.4 Å². The fourth-order valence-corrected chi connectivity index (χ4v) is 9.72. The summed E-state index contributed by atoms with van der Waals surface area (Å²) >= 11 is 0. The van der Waals surface area contributed by atoms with Crippen LogP contribution in [0.1, 0.15) is 104 Å². The number of aliphatic hydroxyl groups excluding tert-OH is 2. The van der Waals surface area contributed by atoms with Crippen molar-refractivity contribution in [2.75, 3.05) is 6.61 Å². The average molecular weight is 854 g/mol. The third-order valence-electron chi connectivity index (χ3n) is 12.8. The van der Waals surface area contributed by atoms with Gasteiger partial charge in [0.25, 0.3) is 0 Å². The number of hydrogen-bond donors (Lipinski definition) is 4. The lowest BCUT2D eigenvalue weighted by molar-refractivity contribution is -0.346. The molecule has 2 heterocycles. The zero-order chi connectivity index (χ0) is 45.0. The first-order valence-corrected chi connectivity index (χ1v) is 20.3. The van der Waals surface area contributed by atoms with Gasteiger partial charge in [-0.15, -0.1) is 0 Å². The van der Waals surface area contributed by atoms with Crippen LogP contribution in [0.25, 0.3) is 0 Å². The maximum Gasteiger partial charge on any atom is 0.408 e. The maximum atomic E-state index is 15.3. The van der Waals surface area contributed by atoms with E-state index in [9.17, 15) is 39.3 Å². The number of ether oxygens (including phenoxy) is 6. The number of nitrogens with one attached hydrogen (secondary N) is 1. The summed E-state index contributed by atoms with van der Waals surface area (Å²) in [5, 5.41) is 40.0. The third-order valence-corrected chi connectivity index (χ3v) is 12.8. The van der Waals surface area contributed by atoms with Gasteiger partial charge in [-0.25, -0.2) is 14.4 Å². The topological polar surface area (TPSA) is 244 Å². The molecule has 1 aromatic heterocycles. The number of Topliss-reactive ketones (excluding diaryl/α,β-unsaturated/α-hetero) is 1. The summed E-state index contributed by atoms with van der Waals surface area (Å²) in [5.74, 6) is -6.25. The molecule has 3 aliphatic carbocycles. The Morgan fingerprint density at radius 1 is 1.00 bits per heavy atom. The summed E-state index contributed by atoms with van der Waals surface area (Å²) < 4.78 is 41.1. The Balaban J connectivity index is 1.52. The van der Waals surface area contributed by atoms with Crippen molar-refractivity contribution >= 4 is 35.8 Å². The molecular weight excluding hydrogens is 798 g/mol. The van der Waals surface area contributed by atoms with Gasteiger partial charge in [-0.1, -0.05) is 39.0 Å². The molecule has 2 saturated carbocycles. The lowest BCUT2D eigenvalue weighted by Crippen LogP contribution is -2.82. The van der Waals surface area contributed by atoms with E-state index in [1.165, 1.54) is 58.2 Å². The Morgan fingerprint density at radius 2 is 1.67 bits per heavy atom. The molecule has 0 radical (unpaired) electrons. The lowest BCUT2D eigenvalue weighted by Gasteiger charge is -2.67. The average Bonchev–Trinajstić information content (AvgIpc) is 3.72. The number of rotatable bonds is 10. The Hall–Kier alpha value is -5.10. The molecular formula is C44H55NO16. The Bertz CT molecular complexity index is 2070. The molecule has 17 nitrogen and oxygen atoms in total. The van der Waals surface area contributed by atoms with Crippen LogP contribution >= 0.6 is 0 Å². The molecule has 3 fully saturated rings. The molecule has 1 saturated heterocycles. The van der Waals surface area contributed by atoms with Crippen LogP contribution in [0.3, 0.4) is 0 Å². The first kappa shape index (κ1) is 45.4. The molecule has 1 aromatic carbocycles. The van der Waals surface area contributed by atoms with E-state index in [1.807, 2.05) is 0 Å². The first-order valence-electron chi connectivity index (χ1n) is 20.3. The van der Waals surface area contributed by atoms with Gasteiger partial charge in [0.2, 0.25) is 0 Å². The number of amides is 1. The highest BCUT2D eigenvalue weighted by atomic mass is 16.6. The summed E-state index contributed by atoms with van der Waals surface area (Å²) in [6, 6.07) is 9.15. The smallest absolute Gasteiger partial charge is 0.408 e. The normalized spacial score (nSPS) is 32.6. The second kappa shape index (κ2) is 16.3. The van der Waals surface area contributed by atoms with E-state index in [0.29, 0.717) is 0 Å². The van der Waals surface area contributed by atoms with Gasteiger partial charge in [-0.2, -0.15) is 0 Å². The van der Waals surface area contributed by atoms with E-state index in [2.05, 4.69) is 5.32 Å². The number of furan rings is 1. The Labute approximate surface area is 353 Å². The predicted molar refractivity (Wildman–Crippen MR) is 210 cm³/mol. The maximum absolute atomic E-state index is 15.3. The van der Waals surface area contributed by atoms with Crippen molar-refractivity contribution in [2.24, 2.45) is 16.7 Å². The van der Waals surface area contributed by atoms with Gasteiger partial charge in [0.15, 0.2) is 17.5 Å². The van der Waals surface area contributed by atoms with Crippen molar-refractivity contribution in [3.8, 4) is 0 Å². The second-order valence-corrected chi connectivity index (χ2v) is 18.0. The van der Waals surface area contributed by atoms with Gasteiger partial charge in [0.05, 0.1) is 29.8 Å². The van der Waals surface area contributed by atoms with Crippen LogP contribution in [0.4, 0.5) is 4.79 Å². The summed E-state index contributed by atoms with van der Waals surface area (Å²) in [4.78, 5) is 82.6. The summed E-state index contributed by atoms with van der Waals surface area (Å²) in [7, 11) is 0. The fourth-order valence-electron chi connectivity index (χ4n) is 9.72. The molecule has 1 aliphatic heterocycles. The van der Waals surface area contributed by atoms with Crippen LogP contribution in [-0.4, -0.2) is 111 Å². The molecule has 4 N–H and O–H groups in total. The van der Waals surface area contributed by atoms with E-state index in [1.54, 1.807) is 45.9 Å². The molecule has 4 aliphatic rings. The molecule has 1 amide bonds. The minimum Gasteiger partial charge on any atom is -0.467 e. The highest BCUT2D eigenvalue weighted by Gasteiger charge is 2.78. The number of esters is 4. The third kappa shape index (κ3) is 7.85. The molecule has 0 spiro atoms. The Kier molecular flexibility index (Phi) is 12.1. The number of carbonyl (C=O) groups excluding carboxylic acids is 6. The van der Waals surface area contributed by atoms with Crippen LogP contribution in [0.15, 0.2) is 64.3 Å². The Morgan fingerprint density at radius 3 is 2.23 bits per heavy atom. The van der Waals surface area contributed by atoms with Crippen molar-refractivity contribution in [1.29, 1.82) is 0 Å². The zero-order valence-corrected chi connectivity index (χ0v) is 35.7. The van der Waals surface area contributed by atoms with Crippen LogP contribution in [0.5, 0.6) is 0 Å². The molecule has 11 atom stereocenters. The first-order chi connectivity index (χ1) is 28.4. The van der Waals surface area contributed by atoms with Gasteiger partial charge in [0, 0.05) is 31.6 Å². The van der Waals surface area contributed by atoms with Crippen molar-refractivity contribution in [3.63, 3.8) is 0 Å². The number of alkyl carbamates (subject to hydrolysis) is 1. The molecule has 17 heteroatoms. The van der Waals surface area contributed by atoms with Gasteiger partial charge in [-0.05, 0) is 70.0 Å². The largest absolute Gasteiger partial charge is 0.467 e. The van der Waals surface area contributed by atoms with E-state index in [0.717, 1.165) is 6.92 Å². The number of ketones is 1. The van der Waals surface area contributed by atoms with Crippen LogP contribution in [0, 0.1) is 16.7 Å². The van der Waals surface area contributed by atoms with E-state index >= 15 is 4.79 Å². The van der Waals surface area contributed by atoms with E-state index in [-0.39, 0.29) is 41.9 Å². The summed E-state index contributed by atoms with van der Waals surface area (Å²) in [6.45, 7) is 13.2.